The number of ether oxygens (including phenoxy) is 1. The quantitative estimate of drug-likeness (QED) is 0.317. The molecule has 0 aliphatic rings. The van der Waals surface area contributed by atoms with Crippen LogP contribution < -0.4 is 10.2 Å². The van der Waals surface area contributed by atoms with Crippen LogP contribution in [-0.4, -0.2) is 26.0 Å². The predicted octanol–water partition coefficient (Wildman–Crippen LogP) is 4.04. The van der Waals surface area contributed by atoms with Crippen molar-refractivity contribution in [2.45, 2.75) is 0 Å². The molecular weight excluding hydrogens is 412 g/mol. The van der Waals surface area contributed by atoms with Gasteiger partial charge in [0.1, 0.15) is 17.8 Å². The first kappa shape index (κ1) is 20.8. The fraction of sp³-hybridized carbons (Fsp3) is 0. The van der Waals surface area contributed by atoms with Crippen molar-refractivity contribution in [2.75, 3.05) is 5.43 Å². The number of hydrogen-bond acceptors (Lipinski definition) is 10. The summed E-state index contributed by atoms with van der Waals surface area (Å²) in [5, 5.41) is 36.5. The smallest absolute Gasteiger partial charge is 0.318 e. The van der Waals surface area contributed by atoms with Crippen LogP contribution in [0.1, 0.15) is 5.56 Å². The first-order valence-electron chi connectivity index (χ1n) is 8.44. The maximum absolute atomic E-state index is 11.2. The van der Waals surface area contributed by atoms with E-state index in [0.717, 1.165) is 24.4 Å². The van der Waals surface area contributed by atoms with Crippen LogP contribution in [0.25, 0.3) is 0 Å². The van der Waals surface area contributed by atoms with E-state index >= 15 is 0 Å². The summed E-state index contributed by atoms with van der Waals surface area (Å²) in [5.41, 5.74) is 2.19. The van der Waals surface area contributed by atoms with Gasteiger partial charge in [-0.05, 0) is 42.0 Å². The number of nitrogens with one attached hydrogen (secondary N) is 1. The first-order chi connectivity index (χ1) is 14.8. The summed E-state index contributed by atoms with van der Waals surface area (Å²) in [6.45, 7) is 0. The van der Waals surface area contributed by atoms with Crippen molar-refractivity contribution in [3.05, 3.63) is 96.7 Å². The number of nitrogens with zero attached hydrogens (tertiary/aromatic N) is 5. The molecule has 13 nitrogen and oxygen atoms in total. The molecule has 0 bridgehead atoms. The average Bonchev–Trinajstić information content (AvgIpc) is 2.75. The Bertz CT molecular complexity index is 1160. The molecule has 1 aromatic heterocycles. The number of pyridine rings is 1. The summed E-state index contributed by atoms with van der Waals surface area (Å²) in [6, 6.07) is 12.1. The van der Waals surface area contributed by atoms with E-state index in [1.807, 2.05) is 0 Å². The normalized spacial score (nSPS) is 10.6. The molecule has 0 radical (unpaired) electrons. The lowest BCUT2D eigenvalue weighted by molar-refractivity contribution is -0.394. The van der Waals surface area contributed by atoms with E-state index in [2.05, 4.69) is 15.5 Å². The number of anilines is 1. The maximum atomic E-state index is 11.2. The third-order valence-electron chi connectivity index (χ3n) is 3.81. The minimum absolute atomic E-state index is 0.136. The van der Waals surface area contributed by atoms with Crippen LogP contribution in [0.5, 0.6) is 11.5 Å². The van der Waals surface area contributed by atoms with E-state index in [1.54, 1.807) is 12.1 Å². The zero-order valence-corrected chi connectivity index (χ0v) is 15.4. The Hall–Kier alpha value is -4.94. The van der Waals surface area contributed by atoms with Gasteiger partial charge in [-0.2, -0.15) is 5.10 Å². The molecule has 13 heteroatoms. The summed E-state index contributed by atoms with van der Waals surface area (Å²) in [5.74, 6) is 0.453. The van der Waals surface area contributed by atoms with E-state index in [0.29, 0.717) is 11.4 Å². The second-order valence-corrected chi connectivity index (χ2v) is 5.87. The molecule has 0 aliphatic heterocycles. The van der Waals surface area contributed by atoms with Crippen LogP contribution in [0.15, 0.2) is 65.9 Å². The fourth-order valence-corrected chi connectivity index (χ4v) is 2.33. The monoisotopic (exact) mass is 424 g/mol. The Morgan fingerprint density at radius 2 is 1.55 bits per heavy atom. The first-order valence-corrected chi connectivity index (χ1v) is 8.44. The van der Waals surface area contributed by atoms with Crippen molar-refractivity contribution in [2.24, 2.45) is 5.10 Å². The highest BCUT2D eigenvalue weighted by Crippen LogP contribution is 2.34. The van der Waals surface area contributed by atoms with Crippen molar-refractivity contribution in [1.29, 1.82) is 0 Å². The summed E-state index contributed by atoms with van der Waals surface area (Å²) in [6.07, 6.45) is 2.56. The second kappa shape index (κ2) is 9.04. The lowest BCUT2D eigenvalue weighted by atomic mass is 10.2. The summed E-state index contributed by atoms with van der Waals surface area (Å²) in [7, 11) is 0. The maximum Gasteiger partial charge on any atom is 0.318 e. The number of hydrazone groups is 1. The van der Waals surface area contributed by atoms with E-state index in [4.69, 9.17) is 4.74 Å². The van der Waals surface area contributed by atoms with Crippen LogP contribution in [0.3, 0.4) is 0 Å². The van der Waals surface area contributed by atoms with Crippen molar-refractivity contribution in [3.63, 3.8) is 0 Å². The molecule has 3 rings (SSSR count). The van der Waals surface area contributed by atoms with Gasteiger partial charge in [0, 0.05) is 12.1 Å². The molecule has 0 atom stereocenters. The highest BCUT2D eigenvalue weighted by atomic mass is 16.6. The molecule has 0 fully saturated rings. The van der Waals surface area contributed by atoms with Gasteiger partial charge in [0.2, 0.25) is 5.75 Å². The van der Waals surface area contributed by atoms with Gasteiger partial charge in [-0.3, -0.25) is 35.8 Å². The topological polar surface area (TPSA) is 176 Å². The van der Waals surface area contributed by atoms with Gasteiger partial charge in [0.05, 0.1) is 27.1 Å². The molecular formula is C18H12N6O7. The van der Waals surface area contributed by atoms with Crippen LogP contribution in [0.4, 0.5) is 22.9 Å². The molecule has 1 heterocycles. The van der Waals surface area contributed by atoms with Gasteiger partial charge in [-0.15, -0.1) is 0 Å². The Balaban J connectivity index is 1.66. The molecule has 0 amide bonds. The number of nitro benzene ring substituents is 2. The minimum atomic E-state index is -0.763. The SMILES string of the molecule is O=[N+]([O-])c1ccc(N/N=C\c2ccc(Oc3ccc([N+](=O)[O-])cc3[N+](=O)[O-])cc2)nc1. The van der Waals surface area contributed by atoms with E-state index in [9.17, 15) is 30.3 Å². The average molecular weight is 424 g/mol. The number of aromatic nitrogens is 1. The van der Waals surface area contributed by atoms with Crippen molar-refractivity contribution in [1.82, 2.24) is 4.98 Å². The Kier molecular flexibility index (Phi) is 6.06. The Morgan fingerprint density at radius 3 is 2.13 bits per heavy atom. The third-order valence-corrected chi connectivity index (χ3v) is 3.81. The van der Waals surface area contributed by atoms with Gasteiger partial charge in [0.15, 0.2) is 0 Å². The molecule has 3 aromatic rings. The molecule has 0 saturated heterocycles. The number of hydrogen-bond donors (Lipinski definition) is 1. The molecule has 156 valence electrons. The third kappa shape index (κ3) is 5.32. The van der Waals surface area contributed by atoms with Gasteiger partial charge in [-0.1, -0.05) is 0 Å². The zero-order chi connectivity index (χ0) is 22.4. The Labute approximate surface area is 173 Å². The van der Waals surface area contributed by atoms with Gasteiger partial charge in [0.25, 0.3) is 11.4 Å². The van der Waals surface area contributed by atoms with Crippen LogP contribution in [0, 0.1) is 30.3 Å². The largest absolute Gasteiger partial charge is 0.450 e. The lowest BCUT2D eigenvalue weighted by Gasteiger charge is -2.06. The fourth-order valence-electron chi connectivity index (χ4n) is 2.33. The number of rotatable bonds is 8. The highest BCUT2D eigenvalue weighted by molar-refractivity contribution is 5.80. The molecule has 0 saturated carbocycles. The van der Waals surface area contributed by atoms with Crippen molar-refractivity contribution >= 4 is 29.1 Å². The standard InChI is InChI=1S/C18H12N6O7/c25-22(26)13-3-7-17(16(9-13)24(29)30)31-15-5-1-12(2-6-15)10-20-21-18-8-4-14(11-19-18)23(27)28/h1-11H,(H,19,21)/b20-10-. The van der Waals surface area contributed by atoms with Gasteiger partial charge >= 0.3 is 5.69 Å². The predicted molar refractivity (Wildman–Crippen MR) is 108 cm³/mol. The van der Waals surface area contributed by atoms with Crippen LogP contribution in [0.2, 0.25) is 0 Å². The van der Waals surface area contributed by atoms with Gasteiger partial charge in [-0.25, -0.2) is 4.98 Å². The van der Waals surface area contributed by atoms with Crippen molar-refractivity contribution < 1.29 is 19.5 Å². The second-order valence-electron chi connectivity index (χ2n) is 5.87. The minimum Gasteiger partial charge on any atom is -0.450 e. The van der Waals surface area contributed by atoms with E-state index in [-0.39, 0.29) is 17.2 Å². The van der Waals surface area contributed by atoms with Gasteiger partial charge < -0.3 is 4.74 Å². The van der Waals surface area contributed by atoms with Crippen molar-refractivity contribution in [3.8, 4) is 11.5 Å². The molecule has 0 aliphatic carbocycles. The summed E-state index contributed by atoms with van der Waals surface area (Å²) < 4.78 is 5.48. The summed E-state index contributed by atoms with van der Waals surface area (Å²) >= 11 is 0. The number of non-ortho nitro benzene ring substituents is 1. The van der Waals surface area contributed by atoms with Crippen LogP contribution >= 0.6 is 0 Å². The highest BCUT2D eigenvalue weighted by Gasteiger charge is 2.21. The molecule has 31 heavy (non-hydrogen) atoms. The zero-order valence-electron chi connectivity index (χ0n) is 15.4. The number of benzene rings is 2. The van der Waals surface area contributed by atoms with Crippen LogP contribution in [-0.2, 0) is 0 Å². The molecule has 0 spiro atoms. The Morgan fingerprint density at radius 1 is 0.871 bits per heavy atom. The molecule has 1 N–H and O–H groups in total. The van der Waals surface area contributed by atoms with E-state index < -0.39 is 26.1 Å². The molecule has 0 unspecified atom stereocenters. The molecule has 2 aromatic carbocycles. The lowest BCUT2D eigenvalue weighted by Crippen LogP contribution is -1.96. The summed E-state index contributed by atoms with van der Waals surface area (Å²) in [4.78, 5) is 34.4. The van der Waals surface area contributed by atoms with E-state index in [1.165, 1.54) is 30.5 Å². The number of nitro groups is 3.